The fourth-order valence-electron chi connectivity index (χ4n) is 3.60. The molecule has 1 heterocycles. The van der Waals surface area contributed by atoms with Gasteiger partial charge in [-0.3, -0.25) is 4.99 Å². The Kier molecular flexibility index (Phi) is 7.47. The summed E-state index contributed by atoms with van der Waals surface area (Å²) in [5.74, 6) is 1.49. The van der Waals surface area contributed by atoms with E-state index in [2.05, 4.69) is 37.3 Å². The lowest BCUT2D eigenvalue weighted by Crippen LogP contribution is -2.41. The van der Waals surface area contributed by atoms with Crippen molar-refractivity contribution >= 4 is 29.9 Å². The lowest BCUT2D eigenvalue weighted by atomic mass is 9.96. The highest BCUT2D eigenvalue weighted by Crippen LogP contribution is 2.47. The molecule has 3 aromatic rings. The number of hydrogen-bond acceptors (Lipinski definition) is 2. The fourth-order valence-corrected chi connectivity index (χ4v) is 3.60. The third-order valence-corrected chi connectivity index (χ3v) is 5.52. The molecule has 0 saturated heterocycles. The number of hydrogen-bond donors (Lipinski definition) is 2. The summed E-state index contributed by atoms with van der Waals surface area (Å²) in [5.41, 5.74) is 2.30. The Morgan fingerprint density at radius 2 is 1.93 bits per heavy atom. The average molecular weight is 519 g/mol. The van der Waals surface area contributed by atoms with Gasteiger partial charge in [0.1, 0.15) is 11.6 Å². The molecule has 4 rings (SSSR count). The lowest BCUT2D eigenvalue weighted by Gasteiger charge is -2.19. The van der Waals surface area contributed by atoms with Crippen LogP contribution in [0.15, 0.2) is 72.0 Å². The highest BCUT2D eigenvalue weighted by atomic mass is 127. The molecule has 0 spiro atoms. The highest BCUT2D eigenvalue weighted by Gasteiger charge is 2.44. The van der Waals surface area contributed by atoms with Crippen LogP contribution in [0.1, 0.15) is 29.8 Å². The number of imidazole rings is 1. The molecule has 1 aliphatic carbocycles. The molecule has 30 heavy (non-hydrogen) atoms. The second-order valence-corrected chi connectivity index (χ2v) is 7.53. The standard InChI is InChI=1S/C23H26FN5.HI/c1-25-22(28-17-23(10-11-23)19-8-5-9-20(24)14-19)27-15-21-26-12-13-29(21)16-18-6-3-2-4-7-18;/h2-9,12-14H,10-11,15-17H2,1H3,(H2,25,27,28);1H. The minimum absolute atomic E-state index is 0. The number of aromatic nitrogens is 2. The second-order valence-electron chi connectivity index (χ2n) is 7.53. The first-order valence-electron chi connectivity index (χ1n) is 9.93. The Bertz CT molecular complexity index is 982. The second kappa shape index (κ2) is 10.1. The largest absolute Gasteiger partial charge is 0.356 e. The van der Waals surface area contributed by atoms with E-state index in [4.69, 9.17) is 0 Å². The molecule has 0 atom stereocenters. The van der Waals surface area contributed by atoms with Crippen molar-refractivity contribution < 1.29 is 4.39 Å². The Hall–Kier alpha value is -2.42. The molecule has 1 saturated carbocycles. The smallest absolute Gasteiger partial charge is 0.191 e. The van der Waals surface area contributed by atoms with Crippen molar-refractivity contribution in [1.29, 1.82) is 0 Å². The fraction of sp³-hybridized carbons (Fsp3) is 0.304. The Balaban J connectivity index is 0.00000256. The topological polar surface area (TPSA) is 54.2 Å². The third-order valence-electron chi connectivity index (χ3n) is 5.52. The minimum atomic E-state index is -0.179. The molecular formula is C23H27FIN5. The molecule has 1 aromatic heterocycles. The molecule has 0 amide bonds. The predicted molar refractivity (Wildman–Crippen MR) is 129 cm³/mol. The van der Waals surface area contributed by atoms with Crippen LogP contribution in [0.4, 0.5) is 4.39 Å². The number of guanidine groups is 1. The molecule has 2 aromatic carbocycles. The van der Waals surface area contributed by atoms with Gasteiger partial charge in [0.05, 0.1) is 6.54 Å². The SMILES string of the molecule is CN=C(NCc1nccn1Cc1ccccc1)NCC1(c2cccc(F)c2)CC1.I. The summed E-state index contributed by atoms with van der Waals surface area (Å²) in [6.45, 7) is 2.09. The average Bonchev–Trinajstić information content (AvgIpc) is 3.42. The summed E-state index contributed by atoms with van der Waals surface area (Å²) in [6.07, 6.45) is 5.92. The molecule has 1 fully saturated rings. The number of nitrogens with one attached hydrogen (secondary N) is 2. The van der Waals surface area contributed by atoms with Crippen LogP contribution in [0.3, 0.4) is 0 Å². The van der Waals surface area contributed by atoms with Crippen LogP contribution >= 0.6 is 24.0 Å². The summed E-state index contributed by atoms with van der Waals surface area (Å²) in [7, 11) is 1.76. The van der Waals surface area contributed by atoms with Gasteiger partial charge in [0.25, 0.3) is 0 Å². The third kappa shape index (κ3) is 5.38. The van der Waals surface area contributed by atoms with E-state index in [-0.39, 0.29) is 35.2 Å². The quantitative estimate of drug-likeness (QED) is 0.281. The zero-order valence-electron chi connectivity index (χ0n) is 17.0. The van der Waals surface area contributed by atoms with Gasteiger partial charge in [-0.05, 0) is 36.1 Å². The molecule has 158 valence electrons. The lowest BCUT2D eigenvalue weighted by molar-refractivity contribution is 0.605. The zero-order valence-corrected chi connectivity index (χ0v) is 19.3. The van der Waals surface area contributed by atoms with E-state index >= 15 is 0 Å². The van der Waals surface area contributed by atoms with Crippen LogP contribution in [-0.2, 0) is 18.5 Å². The molecule has 1 aliphatic rings. The Labute approximate surface area is 193 Å². The van der Waals surface area contributed by atoms with E-state index < -0.39 is 0 Å². The van der Waals surface area contributed by atoms with Gasteiger partial charge >= 0.3 is 0 Å². The Morgan fingerprint density at radius 1 is 1.13 bits per heavy atom. The van der Waals surface area contributed by atoms with E-state index in [9.17, 15) is 4.39 Å². The van der Waals surface area contributed by atoms with Gasteiger partial charge in [-0.2, -0.15) is 0 Å². The molecule has 0 unspecified atom stereocenters. The number of rotatable bonds is 7. The van der Waals surface area contributed by atoms with Crippen LogP contribution in [-0.4, -0.2) is 29.1 Å². The van der Waals surface area contributed by atoms with E-state index in [1.807, 2.05) is 36.7 Å². The maximum absolute atomic E-state index is 13.6. The van der Waals surface area contributed by atoms with Crippen molar-refractivity contribution in [1.82, 2.24) is 20.2 Å². The summed E-state index contributed by atoms with van der Waals surface area (Å²) < 4.78 is 15.7. The first-order chi connectivity index (χ1) is 14.2. The minimum Gasteiger partial charge on any atom is -0.356 e. The molecule has 7 heteroatoms. The van der Waals surface area contributed by atoms with Crippen molar-refractivity contribution in [2.75, 3.05) is 13.6 Å². The Morgan fingerprint density at radius 3 is 2.63 bits per heavy atom. The van der Waals surface area contributed by atoms with E-state index in [0.717, 1.165) is 43.3 Å². The first-order valence-corrected chi connectivity index (χ1v) is 9.93. The van der Waals surface area contributed by atoms with Gasteiger partial charge in [0.15, 0.2) is 5.96 Å². The predicted octanol–water partition coefficient (Wildman–Crippen LogP) is 4.09. The van der Waals surface area contributed by atoms with Crippen molar-refractivity contribution in [3.8, 4) is 0 Å². The van der Waals surface area contributed by atoms with E-state index in [1.165, 1.54) is 11.6 Å². The summed E-state index contributed by atoms with van der Waals surface area (Å²) in [5, 5.41) is 6.74. The molecule has 0 aliphatic heterocycles. The molecule has 5 nitrogen and oxygen atoms in total. The number of halogens is 2. The number of nitrogens with zero attached hydrogens (tertiary/aromatic N) is 3. The highest BCUT2D eigenvalue weighted by molar-refractivity contribution is 14.0. The molecule has 0 radical (unpaired) electrons. The van der Waals surface area contributed by atoms with Gasteiger partial charge in [0.2, 0.25) is 0 Å². The summed E-state index contributed by atoms with van der Waals surface area (Å²) >= 11 is 0. The monoisotopic (exact) mass is 519 g/mol. The van der Waals surface area contributed by atoms with Crippen LogP contribution in [0, 0.1) is 5.82 Å². The summed E-state index contributed by atoms with van der Waals surface area (Å²) in [4.78, 5) is 8.80. The molecule has 2 N–H and O–H groups in total. The van der Waals surface area contributed by atoms with E-state index in [0.29, 0.717) is 6.54 Å². The van der Waals surface area contributed by atoms with Gasteiger partial charge in [-0.15, -0.1) is 24.0 Å². The molecule has 0 bridgehead atoms. The van der Waals surface area contributed by atoms with Crippen molar-refractivity contribution in [2.24, 2.45) is 4.99 Å². The normalized spacial score (nSPS) is 14.7. The molecular weight excluding hydrogens is 492 g/mol. The van der Waals surface area contributed by atoms with Crippen LogP contribution in [0.5, 0.6) is 0 Å². The van der Waals surface area contributed by atoms with Gasteiger partial charge in [0, 0.05) is 37.9 Å². The van der Waals surface area contributed by atoms with Crippen molar-refractivity contribution in [2.45, 2.75) is 31.3 Å². The number of aliphatic imine (C=N–C) groups is 1. The van der Waals surface area contributed by atoms with Crippen LogP contribution in [0.2, 0.25) is 0 Å². The maximum Gasteiger partial charge on any atom is 0.191 e. The number of benzene rings is 2. The van der Waals surface area contributed by atoms with Crippen molar-refractivity contribution in [3.63, 3.8) is 0 Å². The van der Waals surface area contributed by atoms with Crippen LogP contribution < -0.4 is 10.6 Å². The van der Waals surface area contributed by atoms with Gasteiger partial charge in [-0.1, -0.05) is 42.5 Å². The van der Waals surface area contributed by atoms with Crippen molar-refractivity contribution in [3.05, 3.63) is 89.8 Å². The van der Waals surface area contributed by atoms with Crippen LogP contribution in [0.25, 0.3) is 0 Å². The first kappa shape index (κ1) is 22.3. The van der Waals surface area contributed by atoms with Gasteiger partial charge in [-0.25, -0.2) is 9.37 Å². The van der Waals surface area contributed by atoms with E-state index in [1.54, 1.807) is 19.2 Å². The van der Waals surface area contributed by atoms with Gasteiger partial charge < -0.3 is 15.2 Å². The maximum atomic E-state index is 13.6. The zero-order chi connectivity index (χ0) is 20.1. The summed E-state index contributed by atoms with van der Waals surface area (Å²) in [6, 6.07) is 17.3.